The van der Waals surface area contributed by atoms with E-state index in [-0.39, 0.29) is 41.7 Å². The van der Waals surface area contributed by atoms with Gasteiger partial charge in [-0.2, -0.15) is 0 Å². The monoisotopic (exact) mass is 499 g/mol. The van der Waals surface area contributed by atoms with Crippen LogP contribution in [-0.4, -0.2) is 57.4 Å². The molecule has 1 fully saturated rings. The lowest BCUT2D eigenvalue weighted by atomic mass is 9.93. The SMILES string of the molecule is COc1ccc(CNC(=O)[C@]2(C)Cn3cnc(C(=O)N4CCc5ccccc54)c3C(=O)N2C2CC2)cc1. The van der Waals surface area contributed by atoms with Gasteiger partial charge in [-0.05, 0) is 55.5 Å². The number of fused-ring (bicyclic) bond motifs is 2. The minimum atomic E-state index is -1.10. The van der Waals surface area contributed by atoms with E-state index in [4.69, 9.17) is 4.74 Å². The average molecular weight is 500 g/mol. The van der Waals surface area contributed by atoms with Crippen LogP contribution in [0.25, 0.3) is 0 Å². The van der Waals surface area contributed by atoms with Crippen molar-refractivity contribution in [2.45, 2.75) is 50.9 Å². The van der Waals surface area contributed by atoms with Crippen LogP contribution in [0.1, 0.15) is 51.9 Å². The zero-order valence-corrected chi connectivity index (χ0v) is 20.9. The number of aromatic nitrogens is 2. The van der Waals surface area contributed by atoms with Crippen molar-refractivity contribution in [3.05, 3.63) is 77.4 Å². The number of nitrogens with one attached hydrogen (secondary N) is 1. The maximum Gasteiger partial charge on any atom is 0.279 e. The molecule has 1 aromatic heterocycles. The highest BCUT2D eigenvalue weighted by molar-refractivity contribution is 6.13. The second kappa shape index (κ2) is 8.76. The van der Waals surface area contributed by atoms with Crippen molar-refractivity contribution >= 4 is 23.4 Å². The quantitative estimate of drug-likeness (QED) is 0.563. The van der Waals surface area contributed by atoms with Crippen molar-refractivity contribution in [2.75, 3.05) is 18.6 Å². The summed E-state index contributed by atoms with van der Waals surface area (Å²) in [5.41, 5.74) is 2.21. The van der Waals surface area contributed by atoms with Gasteiger partial charge in [0.1, 0.15) is 17.0 Å². The first kappa shape index (κ1) is 23.3. The number of para-hydroxylation sites is 1. The lowest BCUT2D eigenvalue weighted by Crippen LogP contribution is -2.64. The first-order valence-corrected chi connectivity index (χ1v) is 12.6. The molecule has 0 saturated heterocycles. The molecule has 0 bridgehead atoms. The van der Waals surface area contributed by atoms with Crippen molar-refractivity contribution in [1.82, 2.24) is 19.8 Å². The summed E-state index contributed by atoms with van der Waals surface area (Å²) in [6.45, 7) is 2.92. The van der Waals surface area contributed by atoms with Crippen molar-refractivity contribution in [1.29, 1.82) is 0 Å². The third kappa shape index (κ3) is 3.85. The summed E-state index contributed by atoms with van der Waals surface area (Å²) in [5.74, 6) is -0.0842. The molecular formula is C28H29N5O4. The van der Waals surface area contributed by atoms with E-state index in [0.717, 1.165) is 41.8 Å². The van der Waals surface area contributed by atoms with Gasteiger partial charge in [0, 0.05) is 24.8 Å². The summed E-state index contributed by atoms with van der Waals surface area (Å²) in [4.78, 5) is 48.8. The molecule has 1 aliphatic carbocycles. The molecule has 2 aromatic carbocycles. The Morgan fingerprint density at radius 2 is 1.89 bits per heavy atom. The van der Waals surface area contributed by atoms with Gasteiger partial charge in [-0.3, -0.25) is 14.4 Å². The van der Waals surface area contributed by atoms with E-state index < -0.39 is 5.54 Å². The summed E-state index contributed by atoms with van der Waals surface area (Å²) in [5, 5.41) is 3.01. The number of hydrogen-bond donors (Lipinski definition) is 1. The number of carbonyl (C=O) groups is 3. The van der Waals surface area contributed by atoms with Gasteiger partial charge in [0.25, 0.3) is 11.8 Å². The van der Waals surface area contributed by atoms with Gasteiger partial charge in [0.05, 0.1) is 20.0 Å². The standard InChI is InChI=1S/C28H29N5O4/c1-28(27(36)29-15-18-7-11-21(37-2)12-8-18)16-31-17-30-23(24(31)26(35)33(28)20-9-10-20)25(34)32-14-13-19-5-3-4-6-22(19)32/h3-8,11-12,17,20H,9-10,13-16H2,1-2H3,(H,29,36)/t28-/m0/s1. The number of imidazole rings is 1. The Labute approximate surface area is 215 Å². The van der Waals surface area contributed by atoms with Crippen LogP contribution in [0.5, 0.6) is 5.75 Å². The van der Waals surface area contributed by atoms with Crippen LogP contribution in [0.3, 0.4) is 0 Å². The highest BCUT2D eigenvalue weighted by Crippen LogP contribution is 2.39. The van der Waals surface area contributed by atoms with Crippen LogP contribution in [0.2, 0.25) is 0 Å². The molecule has 6 rings (SSSR count). The first-order chi connectivity index (χ1) is 17.9. The van der Waals surface area contributed by atoms with Crippen LogP contribution in [0.15, 0.2) is 54.9 Å². The number of ether oxygens (including phenoxy) is 1. The Morgan fingerprint density at radius 1 is 1.14 bits per heavy atom. The molecule has 9 nitrogen and oxygen atoms in total. The minimum absolute atomic E-state index is 0.0247. The average Bonchev–Trinajstić information content (AvgIpc) is 3.49. The maximum atomic E-state index is 13.9. The van der Waals surface area contributed by atoms with E-state index in [9.17, 15) is 14.4 Å². The Morgan fingerprint density at radius 3 is 2.62 bits per heavy atom. The van der Waals surface area contributed by atoms with Gasteiger partial charge in [0.2, 0.25) is 5.91 Å². The van der Waals surface area contributed by atoms with Gasteiger partial charge in [-0.15, -0.1) is 0 Å². The number of carbonyl (C=O) groups excluding carboxylic acids is 3. The molecule has 0 unspecified atom stereocenters. The molecule has 3 aliphatic rings. The number of nitrogens with zero attached hydrogens (tertiary/aromatic N) is 4. The van der Waals surface area contributed by atoms with Gasteiger partial charge in [-0.25, -0.2) is 4.98 Å². The van der Waals surface area contributed by atoms with E-state index in [1.165, 1.54) is 6.33 Å². The Hall–Kier alpha value is -4.14. The molecule has 0 radical (unpaired) electrons. The Kier molecular flexibility index (Phi) is 5.51. The molecule has 37 heavy (non-hydrogen) atoms. The predicted molar refractivity (Wildman–Crippen MR) is 136 cm³/mol. The molecule has 9 heteroatoms. The molecule has 190 valence electrons. The van der Waals surface area contributed by atoms with Crippen molar-refractivity contribution in [3.63, 3.8) is 0 Å². The van der Waals surface area contributed by atoms with Crippen molar-refractivity contribution in [2.24, 2.45) is 0 Å². The number of methoxy groups -OCH3 is 1. The largest absolute Gasteiger partial charge is 0.497 e. The highest BCUT2D eigenvalue weighted by Gasteiger charge is 2.54. The van der Waals surface area contributed by atoms with Crippen LogP contribution in [0.4, 0.5) is 5.69 Å². The fourth-order valence-electron chi connectivity index (χ4n) is 5.50. The molecule has 3 amide bonds. The highest BCUT2D eigenvalue weighted by atomic mass is 16.5. The van der Waals surface area contributed by atoms with Gasteiger partial charge in [0.15, 0.2) is 5.69 Å². The third-order valence-electron chi connectivity index (χ3n) is 7.62. The number of hydrogen-bond acceptors (Lipinski definition) is 5. The molecule has 0 spiro atoms. The summed E-state index contributed by atoms with van der Waals surface area (Å²) in [7, 11) is 1.61. The lowest BCUT2D eigenvalue weighted by Gasteiger charge is -2.44. The molecule has 1 saturated carbocycles. The van der Waals surface area contributed by atoms with E-state index in [1.54, 1.807) is 28.4 Å². The van der Waals surface area contributed by atoms with Gasteiger partial charge >= 0.3 is 0 Å². The fraction of sp³-hybridized carbons (Fsp3) is 0.357. The normalized spacial score (nSPS) is 20.4. The topological polar surface area (TPSA) is 96.8 Å². The molecule has 3 heterocycles. The molecule has 2 aliphatic heterocycles. The van der Waals surface area contributed by atoms with Crippen LogP contribution >= 0.6 is 0 Å². The number of rotatable bonds is 6. The van der Waals surface area contributed by atoms with Crippen molar-refractivity contribution < 1.29 is 19.1 Å². The molecule has 1 atom stereocenters. The van der Waals surface area contributed by atoms with Crippen LogP contribution in [-0.2, 0) is 24.3 Å². The molecule has 1 N–H and O–H groups in total. The Bertz CT molecular complexity index is 1390. The third-order valence-corrected chi connectivity index (χ3v) is 7.62. The van der Waals surface area contributed by atoms with E-state index in [2.05, 4.69) is 10.3 Å². The van der Waals surface area contributed by atoms with Crippen LogP contribution in [0, 0.1) is 0 Å². The second-order valence-corrected chi connectivity index (χ2v) is 10.1. The zero-order valence-electron chi connectivity index (χ0n) is 20.9. The minimum Gasteiger partial charge on any atom is -0.497 e. The fourth-order valence-corrected chi connectivity index (χ4v) is 5.50. The Balaban J connectivity index is 1.27. The zero-order chi connectivity index (χ0) is 25.7. The lowest BCUT2D eigenvalue weighted by molar-refractivity contribution is -0.133. The van der Waals surface area contributed by atoms with Crippen LogP contribution < -0.4 is 15.0 Å². The van der Waals surface area contributed by atoms with E-state index >= 15 is 0 Å². The van der Waals surface area contributed by atoms with Gasteiger partial charge < -0.3 is 24.4 Å². The van der Waals surface area contributed by atoms with E-state index in [1.807, 2.05) is 48.5 Å². The predicted octanol–water partition coefficient (Wildman–Crippen LogP) is 2.79. The van der Waals surface area contributed by atoms with E-state index in [0.29, 0.717) is 13.1 Å². The summed E-state index contributed by atoms with van der Waals surface area (Å²) < 4.78 is 6.87. The summed E-state index contributed by atoms with van der Waals surface area (Å²) >= 11 is 0. The number of benzene rings is 2. The summed E-state index contributed by atoms with van der Waals surface area (Å²) in [6.07, 6.45) is 3.96. The molecule has 3 aromatic rings. The first-order valence-electron chi connectivity index (χ1n) is 12.6. The maximum absolute atomic E-state index is 13.9. The number of anilines is 1. The van der Waals surface area contributed by atoms with Gasteiger partial charge in [-0.1, -0.05) is 30.3 Å². The summed E-state index contributed by atoms with van der Waals surface area (Å²) in [6, 6.07) is 15.3. The molecular weight excluding hydrogens is 470 g/mol. The smallest absolute Gasteiger partial charge is 0.279 e. The van der Waals surface area contributed by atoms with Crippen molar-refractivity contribution in [3.8, 4) is 5.75 Å². The second-order valence-electron chi connectivity index (χ2n) is 10.1. The number of amides is 3.